The van der Waals surface area contributed by atoms with Crippen molar-refractivity contribution in [1.82, 2.24) is 15.3 Å². The number of amides is 1. The molecule has 0 radical (unpaired) electrons. The molecule has 2 aliphatic rings. The Hall–Kier alpha value is -2.87. The van der Waals surface area contributed by atoms with Crippen LogP contribution < -0.4 is 20.1 Å². The number of nitrogens with zero attached hydrogens (tertiary/aromatic N) is 2. The Morgan fingerprint density at radius 1 is 1.26 bits per heavy atom. The van der Waals surface area contributed by atoms with Gasteiger partial charge in [-0.1, -0.05) is 6.07 Å². The molecule has 0 atom stereocenters. The van der Waals surface area contributed by atoms with Gasteiger partial charge in [-0.25, -0.2) is 9.97 Å². The van der Waals surface area contributed by atoms with Crippen LogP contribution in [0.3, 0.4) is 0 Å². The van der Waals surface area contributed by atoms with Crippen LogP contribution >= 0.6 is 0 Å². The van der Waals surface area contributed by atoms with Crippen LogP contribution in [0, 0.1) is 0 Å². The van der Waals surface area contributed by atoms with Crippen LogP contribution in [0.4, 0.5) is 5.82 Å². The number of carbonyl (C=O) groups is 1. The standard InChI is InChI=1S/C19H22N4O4/c1-25-8-2-6-20-18-13-5-7-21-19(24)17(13)22-16(23-18)10-12-3-4-14-15(9-12)27-11-26-14/h3-4,9H,2,5-8,10-11H2,1H3,(H,21,24)(H,20,22,23). The van der Waals surface area contributed by atoms with Crippen molar-refractivity contribution in [1.29, 1.82) is 0 Å². The predicted octanol–water partition coefficient (Wildman–Crippen LogP) is 1.53. The van der Waals surface area contributed by atoms with Crippen LogP contribution in [0.2, 0.25) is 0 Å². The second-order valence-electron chi connectivity index (χ2n) is 6.46. The topological polar surface area (TPSA) is 94.6 Å². The van der Waals surface area contributed by atoms with E-state index in [0.29, 0.717) is 31.1 Å². The average molecular weight is 370 g/mol. The number of nitrogens with one attached hydrogen (secondary N) is 2. The lowest BCUT2D eigenvalue weighted by Crippen LogP contribution is -2.34. The zero-order valence-electron chi connectivity index (χ0n) is 15.2. The molecule has 8 nitrogen and oxygen atoms in total. The maximum Gasteiger partial charge on any atom is 0.270 e. The molecule has 0 fully saturated rings. The number of anilines is 1. The molecule has 0 aliphatic carbocycles. The quantitative estimate of drug-likeness (QED) is 0.714. The molecule has 1 amide bonds. The Morgan fingerprint density at radius 3 is 3.04 bits per heavy atom. The Bertz CT molecular complexity index is 856. The lowest BCUT2D eigenvalue weighted by atomic mass is 10.1. The summed E-state index contributed by atoms with van der Waals surface area (Å²) in [5, 5.41) is 6.19. The van der Waals surface area contributed by atoms with E-state index in [2.05, 4.69) is 15.6 Å². The number of aromatic nitrogens is 2. The summed E-state index contributed by atoms with van der Waals surface area (Å²) >= 11 is 0. The summed E-state index contributed by atoms with van der Waals surface area (Å²) in [6.45, 7) is 2.24. The van der Waals surface area contributed by atoms with Crippen molar-refractivity contribution in [2.45, 2.75) is 19.3 Å². The summed E-state index contributed by atoms with van der Waals surface area (Å²) in [6, 6.07) is 5.77. The van der Waals surface area contributed by atoms with E-state index < -0.39 is 0 Å². The summed E-state index contributed by atoms with van der Waals surface area (Å²) in [6.07, 6.45) is 2.08. The minimum atomic E-state index is -0.148. The zero-order chi connectivity index (χ0) is 18.6. The van der Waals surface area contributed by atoms with E-state index in [1.807, 2.05) is 18.2 Å². The smallest absolute Gasteiger partial charge is 0.270 e. The Kier molecular flexibility index (Phi) is 5.06. The van der Waals surface area contributed by atoms with Crippen molar-refractivity contribution in [3.8, 4) is 11.5 Å². The van der Waals surface area contributed by atoms with Gasteiger partial charge in [-0.05, 0) is 30.5 Å². The van der Waals surface area contributed by atoms with E-state index in [4.69, 9.17) is 19.2 Å². The maximum absolute atomic E-state index is 12.3. The highest BCUT2D eigenvalue weighted by molar-refractivity contribution is 5.96. The van der Waals surface area contributed by atoms with E-state index >= 15 is 0 Å². The maximum atomic E-state index is 12.3. The van der Waals surface area contributed by atoms with E-state index in [1.165, 1.54) is 0 Å². The molecule has 0 saturated carbocycles. The van der Waals surface area contributed by atoms with Crippen molar-refractivity contribution in [2.75, 3.05) is 38.9 Å². The van der Waals surface area contributed by atoms with Gasteiger partial charge in [0, 0.05) is 38.8 Å². The monoisotopic (exact) mass is 370 g/mol. The van der Waals surface area contributed by atoms with Gasteiger partial charge in [0.05, 0.1) is 0 Å². The lowest BCUT2D eigenvalue weighted by molar-refractivity contribution is 0.0940. The van der Waals surface area contributed by atoms with E-state index in [0.717, 1.165) is 47.8 Å². The molecule has 3 heterocycles. The minimum absolute atomic E-state index is 0.148. The molecule has 8 heteroatoms. The minimum Gasteiger partial charge on any atom is -0.454 e. The van der Waals surface area contributed by atoms with Gasteiger partial charge in [-0.3, -0.25) is 4.79 Å². The van der Waals surface area contributed by atoms with E-state index in [1.54, 1.807) is 7.11 Å². The third kappa shape index (κ3) is 3.80. The molecular formula is C19H22N4O4. The van der Waals surface area contributed by atoms with Crippen LogP contribution in [0.1, 0.15) is 33.9 Å². The van der Waals surface area contributed by atoms with Crippen LogP contribution in [-0.4, -0.2) is 49.5 Å². The van der Waals surface area contributed by atoms with Crippen LogP contribution in [0.5, 0.6) is 11.5 Å². The summed E-state index contributed by atoms with van der Waals surface area (Å²) < 4.78 is 15.9. The number of ether oxygens (including phenoxy) is 3. The van der Waals surface area contributed by atoms with Crippen LogP contribution in [-0.2, 0) is 17.6 Å². The predicted molar refractivity (Wildman–Crippen MR) is 98.4 cm³/mol. The lowest BCUT2D eigenvalue weighted by Gasteiger charge is -2.20. The van der Waals surface area contributed by atoms with Gasteiger partial charge in [0.25, 0.3) is 5.91 Å². The Labute approximate surface area is 157 Å². The molecule has 4 rings (SSSR count). The number of rotatable bonds is 7. The van der Waals surface area contributed by atoms with Crippen molar-refractivity contribution in [3.63, 3.8) is 0 Å². The van der Waals surface area contributed by atoms with Gasteiger partial charge >= 0.3 is 0 Å². The first-order valence-electron chi connectivity index (χ1n) is 9.04. The number of fused-ring (bicyclic) bond motifs is 2. The summed E-state index contributed by atoms with van der Waals surface area (Å²) in [5.74, 6) is 2.65. The SMILES string of the molecule is COCCCNc1nc(Cc2ccc3c(c2)OCO3)nc2c1CCNC2=O. The third-order valence-electron chi connectivity index (χ3n) is 4.55. The fourth-order valence-corrected chi connectivity index (χ4v) is 3.22. The molecule has 27 heavy (non-hydrogen) atoms. The first kappa shape index (κ1) is 17.5. The summed E-state index contributed by atoms with van der Waals surface area (Å²) in [7, 11) is 1.68. The number of methoxy groups -OCH3 is 1. The number of carbonyl (C=O) groups excluding carboxylic acids is 1. The number of hydrogen-bond acceptors (Lipinski definition) is 7. The molecular weight excluding hydrogens is 348 g/mol. The highest BCUT2D eigenvalue weighted by Crippen LogP contribution is 2.33. The van der Waals surface area contributed by atoms with Gasteiger partial charge in [0.1, 0.15) is 17.3 Å². The zero-order valence-corrected chi connectivity index (χ0v) is 15.2. The second kappa shape index (κ2) is 7.79. The highest BCUT2D eigenvalue weighted by atomic mass is 16.7. The number of hydrogen-bond donors (Lipinski definition) is 2. The summed E-state index contributed by atoms with van der Waals surface area (Å²) in [5.41, 5.74) is 2.34. The average Bonchev–Trinajstić information content (AvgIpc) is 3.14. The van der Waals surface area contributed by atoms with Gasteiger partial charge < -0.3 is 24.8 Å². The van der Waals surface area contributed by atoms with Crippen LogP contribution in [0.15, 0.2) is 18.2 Å². The molecule has 0 unspecified atom stereocenters. The molecule has 2 aromatic rings. The molecule has 2 aliphatic heterocycles. The molecule has 0 bridgehead atoms. The van der Waals surface area contributed by atoms with Crippen LogP contribution in [0.25, 0.3) is 0 Å². The van der Waals surface area contributed by atoms with Crippen molar-refractivity contribution >= 4 is 11.7 Å². The van der Waals surface area contributed by atoms with Gasteiger partial charge in [-0.15, -0.1) is 0 Å². The highest BCUT2D eigenvalue weighted by Gasteiger charge is 2.24. The van der Waals surface area contributed by atoms with Crippen molar-refractivity contribution in [2.24, 2.45) is 0 Å². The largest absolute Gasteiger partial charge is 0.454 e. The van der Waals surface area contributed by atoms with Crippen molar-refractivity contribution in [3.05, 3.63) is 40.8 Å². The molecule has 142 valence electrons. The van der Waals surface area contributed by atoms with E-state index in [9.17, 15) is 4.79 Å². The van der Waals surface area contributed by atoms with E-state index in [-0.39, 0.29) is 12.7 Å². The van der Waals surface area contributed by atoms with Gasteiger partial charge in [-0.2, -0.15) is 0 Å². The molecule has 1 aromatic carbocycles. The second-order valence-corrected chi connectivity index (χ2v) is 6.46. The first-order chi connectivity index (χ1) is 13.2. The summed E-state index contributed by atoms with van der Waals surface area (Å²) in [4.78, 5) is 21.5. The van der Waals surface area contributed by atoms with Gasteiger partial charge in [0.15, 0.2) is 11.5 Å². The first-order valence-corrected chi connectivity index (χ1v) is 9.04. The fourth-order valence-electron chi connectivity index (χ4n) is 3.22. The molecule has 1 aromatic heterocycles. The van der Waals surface area contributed by atoms with Gasteiger partial charge in [0.2, 0.25) is 6.79 Å². The molecule has 0 spiro atoms. The number of benzene rings is 1. The van der Waals surface area contributed by atoms with Crippen molar-refractivity contribution < 1.29 is 19.0 Å². The Morgan fingerprint density at radius 2 is 2.15 bits per heavy atom. The Balaban J connectivity index is 1.60. The molecule has 0 saturated heterocycles. The fraction of sp³-hybridized carbons (Fsp3) is 0.421. The molecule has 2 N–H and O–H groups in total. The third-order valence-corrected chi connectivity index (χ3v) is 4.55. The normalized spacial score (nSPS) is 14.6.